The monoisotopic (exact) mass is 340 g/mol. The van der Waals surface area contributed by atoms with Crippen molar-refractivity contribution >= 4 is 16.7 Å². The zero-order chi connectivity index (χ0) is 18.0. The number of rotatable bonds is 4. The van der Waals surface area contributed by atoms with Crippen LogP contribution >= 0.6 is 0 Å². The first-order valence-electron chi connectivity index (χ1n) is 7.46. The zero-order valence-corrected chi connectivity index (χ0v) is 14.0. The van der Waals surface area contributed by atoms with E-state index >= 15 is 0 Å². The van der Waals surface area contributed by atoms with Crippen molar-refractivity contribution in [1.82, 2.24) is 9.78 Å². The Morgan fingerprint density at radius 1 is 0.960 bits per heavy atom. The molecule has 0 unspecified atom stereocenters. The molecule has 7 nitrogen and oxygen atoms in total. The van der Waals surface area contributed by atoms with Crippen molar-refractivity contribution in [1.29, 1.82) is 0 Å². The summed E-state index contributed by atoms with van der Waals surface area (Å²) in [6.45, 7) is 0. The first kappa shape index (κ1) is 16.5. The Morgan fingerprint density at radius 2 is 1.56 bits per heavy atom. The van der Waals surface area contributed by atoms with Gasteiger partial charge in [-0.25, -0.2) is 9.48 Å². The molecule has 0 aliphatic heterocycles. The normalized spacial score (nSPS) is 10.5. The summed E-state index contributed by atoms with van der Waals surface area (Å²) in [4.78, 5) is 24.9. The van der Waals surface area contributed by atoms with E-state index in [4.69, 9.17) is 14.2 Å². The minimum atomic E-state index is -0.713. The fourth-order valence-corrected chi connectivity index (χ4v) is 2.51. The van der Waals surface area contributed by atoms with Gasteiger partial charge in [0.25, 0.3) is 5.56 Å². The van der Waals surface area contributed by atoms with E-state index in [1.165, 1.54) is 21.3 Å². The summed E-state index contributed by atoms with van der Waals surface area (Å²) >= 11 is 0. The largest absolute Gasteiger partial charge is 0.493 e. The quantitative estimate of drug-likeness (QED) is 0.535. The number of methoxy groups -OCH3 is 2. The molecule has 3 aromatic rings. The lowest BCUT2D eigenvalue weighted by atomic mass is 10.1. The number of benzene rings is 2. The predicted octanol–water partition coefficient (Wildman–Crippen LogP) is 2.17. The van der Waals surface area contributed by atoms with Crippen LogP contribution in [0.15, 0.2) is 47.3 Å². The summed E-state index contributed by atoms with van der Waals surface area (Å²) < 4.78 is 17.0. The molecule has 0 atom stereocenters. The Balaban J connectivity index is 2.11. The lowest BCUT2D eigenvalue weighted by Crippen LogP contribution is -2.24. The third-order valence-electron chi connectivity index (χ3n) is 3.73. The van der Waals surface area contributed by atoms with Crippen LogP contribution in [0.5, 0.6) is 17.2 Å². The molecular weight excluding hydrogens is 324 g/mol. The topological polar surface area (TPSA) is 79.7 Å². The van der Waals surface area contributed by atoms with Gasteiger partial charge in [-0.05, 0) is 18.2 Å². The fourth-order valence-electron chi connectivity index (χ4n) is 2.51. The number of para-hydroxylation sites is 1. The Bertz CT molecular complexity index is 988. The number of aryl methyl sites for hydroxylation is 1. The van der Waals surface area contributed by atoms with Gasteiger partial charge in [0.05, 0.1) is 19.6 Å². The number of fused-ring (bicyclic) bond motifs is 1. The highest BCUT2D eigenvalue weighted by Gasteiger charge is 2.21. The third kappa shape index (κ3) is 2.91. The highest BCUT2D eigenvalue weighted by Crippen LogP contribution is 2.37. The number of nitrogens with zero attached hydrogens (tertiary/aromatic N) is 2. The minimum absolute atomic E-state index is 0.0330. The molecule has 7 heteroatoms. The van der Waals surface area contributed by atoms with Gasteiger partial charge in [0.2, 0.25) is 5.75 Å². The summed E-state index contributed by atoms with van der Waals surface area (Å²) in [5.74, 6) is 0.135. The van der Waals surface area contributed by atoms with Crippen LogP contribution in [0.1, 0.15) is 10.5 Å². The lowest BCUT2D eigenvalue weighted by molar-refractivity contribution is 0.0718. The fraction of sp³-hybridized carbons (Fsp3) is 0.167. The van der Waals surface area contributed by atoms with Gasteiger partial charge in [0, 0.05) is 12.4 Å². The maximum absolute atomic E-state index is 12.7. The van der Waals surface area contributed by atoms with E-state index in [1.807, 2.05) is 0 Å². The summed E-state index contributed by atoms with van der Waals surface area (Å²) in [5.41, 5.74) is -0.257. The second-order valence-electron chi connectivity index (χ2n) is 5.20. The van der Waals surface area contributed by atoms with Crippen LogP contribution in [0.25, 0.3) is 10.8 Å². The van der Waals surface area contributed by atoms with Crippen LogP contribution in [0.3, 0.4) is 0 Å². The van der Waals surface area contributed by atoms with Crippen molar-refractivity contribution < 1.29 is 19.0 Å². The molecule has 0 N–H and O–H groups in total. The van der Waals surface area contributed by atoms with Crippen molar-refractivity contribution in [3.8, 4) is 17.2 Å². The van der Waals surface area contributed by atoms with Gasteiger partial charge in [-0.3, -0.25) is 4.79 Å². The van der Waals surface area contributed by atoms with Crippen molar-refractivity contribution in [2.24, 2.45) is 7.05 Å². The highest BCUT2D eigenvalue weighted by molar-refractivity contribution is 6.03. The van der Waals surface area contributed by atoms with E-state index in [2.05, 4.69) is 5.10 Å². The molecule has 0 aliphatic rings. The molecule has 1 heterocycles. The molecule has 0 bridgehead atoms. The molecule has 1 aromatic heterocycles. The molecule has 0 aliphatic carbocycles. The molecule has 0 spiro atoms. The number of hydrogen-bond acceptors (Lipinski definition) is 6. The summed E-state index contributed by atoms with van der Waals surface area (Å²) in [6, 6.07) is 11.8. The number of ether oxygens (including phenoxy) is 3. The molecule has 0 saturated carbocycles. The predicted molar refractivity (Wildman–Crippen MR) is 91.5 cm³/mol. The van der Waals surface area contributed by atoms with E-state index < -0.39 is 5.97 Å². The first-order chi connectivity index (χ1) is 12.1. The van der Waals surface area contributed by atoms with Crippen LogP contribution < -0.4 is 19.8 Å². The lowest BCUT2D eigenvalue weighted by Gasteiger charge is -2.13. The van der Waals surface area contributed by atoms with Crippen molar-refractivity contribution in [3.05, 3.63) is 58.5 Å². The van der Waals surface area contributed by atoms with Gasteiger partial charge in [0.1, 0.15) is 0 Å². The Labute approximate surface area is 143 Å². The summed E-state index contributed by atoms with van der Waals surface area (Å²) in [6.07, 6.45) is 0. The number of hydrogen-bond donors (Lipinski definition) is 0. The number of carbonyl (C=O) groups is 1. The van der Waals surface area contributed by atoms with E-state index in [-0.39, 0.29) is 17.0 Å². The van der Waals surface area contributed by atoms with Crippen LogP contribution in [0.4, 0.5) is 0 Å². The molecule has 0 radical (unpaired) electrons. The van der Waals surface area contributed by atoms with Crippen LogP contribution in [-0.4, -0.2) is 30.0 Å². The van der Waals surface area contributed by atoms with Crippen LogP contribution in [-0.2, 0) is 7.05 Å². The van der Waals surface area contributed by atoms with Crippen molar-refractivity contribution in [2.45, 2.75) is 0 Å². The Kier molecular flexibility index (Phi) is 4.38. The van der Waals surface area contributed by atoms with E-state index in [1.54, 1.807) is 42.5 Å². The van der Waals surface area contributed by atoms with E-state index in [0.29, 0.717) is 22.3 Å². The molecular formula is C18H16N2O5. The third-order valence-corrected chi connectivity index (χ3v) is 3.73. The van der Waals surface area contributed by atoms with Crippen molar-refractivity contribution in [2.75, 3.05) is 14.2 Å². The molecule has 0 saturated heterocycles. The maximum atomic E-state index is 12.7. The Hall–Kier alpha value is -3.35. The van der Waals surface area contributed by atoms with Gasteiger partial charge in [-0.2, -0.15) is 5.10 Å². The number of aromatic nitrogens is 2. The van der Waals surface area contributed by atoms with Gasteiger partial charge in [-0.1, -0.05) is 24.3 Å². The zero-order valence-electron chi connectivity index (χ0n) is 14.0. The molecule has 0 fully saturated rings. The van der Waals surface area contributed by atoms with Crippen molar-refractivity contribution in [3.63, 3.8) is 0 Å². The smallest absolute Gasteiger partial charge is 0.365 e. The average molecular weight is 340 g/mol. The standard InChI is InChI=1S/C18H16N2O5/c1-20-17(21)12-8-5-4-7-11(12)15(19-20)18(22)25-16-13(23-2)9-6-10-14(16)24-3/h4-10H,1-3H3. The number of esters is 1. The maximum Gasteiger partial charge on any atom is 0.365 e. The van der Waals surface area contributed by atoms with E-state index in [0.717, 1.165) is 4.68 Å². The molecule has 25 heavy (non-hydrogen) atoms. The van der Waals surface area contributed by atoms with E-state index in [9.17, 15) is 9.59 Å². The van der Waals surface area contributed by atoms with Gasteiger partial charge in [0.15, 0.2) is 17.2 Å². The second kappa shape index (κ2) is 6.64. The summed E-state index contributed by atoms with van der Waals surface area (Å²) in [7, 11) is 4.41. The first-order valence-corrected chi connectivity index (χ1v) is 7.46. The molecule has 128 valence electrons. The number of carbonyl (C=O) groups excluding carboxylic acids is 1. The van der Waals surface area contributed by atoms with Crippen LogP contribution in [0.2, 0.25) is 0 Å². The molecule has 0 amide bonds. The minimum Gasteiger partial charge on any atom is -0.493 e. The molecule has 3 rings (SSSR count). The van der Waals surface area contributed by atoms with Gasteiger partial charge in [-0.15, -0.1) is 0 Å². The second-order valence-corrected chi connectivity index (χ2v) is 5.20. The SMILES string of the molecule is COc1cccc(OC)c1OC(=O)c1nn(C)c(=O)c2ccccc12. The highest BCUT2D eigenvalue weighted by atomic mass is 16.6. The van der Waals surface area contributed by atoms with Gasteiger partial charge < -0.3 is 14.2 Å². The average Bonchev–Trinajstić information content (AvgIpc) is 2.64. The van der Waals surface area contributed by atoms with Crippen LogP contribution in [0, 0.1) is 0 Å². The molecule has 2 aromatic carbocycles. The Morgan fingerprint density at radius 3 is 2.16 bits per heavy atom. The van der Waals surface area contributed by atoms with Gasteiger partial charge >= 0.3 is 5.97 Å². The summed E-state index contributed by atoms with van der Waals surface area (Å²) in [5, 5.41) is 4.86.